The molecule has 0 saturated carbocycles. The number of ether oxygens (including phenoxy) is 1. The molecular weight excluding hydrogens is 298 g/mol. The largest absolute Gasteiger partial charge is 0.497 e. The maximum absolute atomic E-state index is 12.4. The van der Waals surface area contributed by atoms with Crippen molar-refractivity contribution in [3.8, 4) is 5.75 Å². The summed E-state index contributed by atoms with van der Waals surface area (Å²) in [6.45, 7) is 4.23. The van der Waals surface area contributed by atoms with Gasteiger partial charge in [0.25, 0.3) is 10.0 Å². The summed E-state index contributed by atoms with van der Waals surface area (Å²) < 4.78 is 32.5. The zero-order valence-electron chi connectivity index (χ0n) is 13.0. The zero-order valence-corrected chi connectivity index (χ0v) is 13.9. The molecule has 0 saturated heterocycles. The van der Waals surface area contributed by atoms with E-state index in [1.165, 1.54) is 0 Å². The first kappa shape index (κ1) is 16.4. The molecule has 1 N–H and O–H groups in total. The number of rotatable bonds is 6. The van der Waals surface area contributed by atoms with E-state index in [0.717, 1.165) is 12.0 Å². The van der Waals surface area contributed by atoms with Crippen molar-refractivity contribution in [3.63, 3.8) is 0 Å². The Morgan fingerprint density at radius 2 is 1.82 bits per heavy atom. The van der Waals surface area contributed by atoms with Gasteiger partial charge in [-0.25, -0.2) is 8.42 Å². The van der Waals surface area contributed by atoms with Crippen molar-refractivity contribution in [1.82, 2.24) is 0 Å². The first-order valence-corrected chi connectivity index (χ1v) is 8.71. The van der Waals surface area contributed by atoms with Gasteiger partial charge in [0.2, 0.25) is 0 Å². The molecule has 2 rings (SSSR count). The first-order valence-electron chi connectivity index (χ1n) is 7.23. The van der Waals surface area contributed by atoms with Gasteiger partial charge in [-0.2, -0.15) is 0 Å². The second-order valence-corrected chi connectivity index (χ2v) is 6.90. The van der Waals surface area contributed by atoms with Crippen LogP contribution in [0.1, 0.15) is 31.7 Å². The molecule has 0 aliphatic heterocycles. The second kappa shape index (κ2) is 6.83. The predicted octanol–water partition coefficient (Wildman–Crippen LogP) is 4.01. The standard InChI is InChI=1S/C17H21NO3S/c1-4-13(2)14-8-10-17(11-9-14)22(19,20)18-15-6-5-7-16(12-15)21-3/h5-13,18H,4H2,1-3H3/t13-/m1/s1. The summed E-state index contributed by atoms with van der Waals surface area (Å²) in [5, 5.41) is 0. The molecule has 1 atom stereocenters. The smallest absolute Gasteiger partial charge is 0.261 e. The number of hydrogen-bond donors (Lipinski definition) is 1. The molecule has 2 aromatic rings. The van der Waals surface area contributed by atoms with Crippen LogP contribution >= 0.6 is 0 Å². The Morgan fingerprint density at radius 1 is 1.14 bits per heavy atom. The van der Waals surface area contributed by atoms with Gasteiger partial charge in [-0.15, -0.1) is 0 Å². The summed E-state index contributed by atoms with van der Waals surface area (Å²) in [6.07, 6.45) is 1.02. The number of sulfonamides is 1. The quantitative estimate of drug-likeness (QED) is 0.875. The van der Waals surface area contributed by atoms with Gasteiger partial charge in [-0.1, -0.05) is 32.0 Å². The average molecular weight is 319 g/mol. The zero-order chi connectivity index (χ0) is 16.2. The van der Waals surface area contributed by atoms with Gasteiger partial charge in [0.05, 0.1) is 17.7 Å². The maximum Gasteiger partial charge on any atom is 0.261 e. The van der Waals surface area contributed by atoms with E-state index < -0.39 is 10.0 Å². The Balaban J connectivity index is 2.22. The molecule has 0 radical (unpaired) electrons. The average Bonchev–Trinajstić information content (AvgIpc) is 2.54. The van der Waals surface area contributed by atoms with Crippen LogP contribution in [0.4, 0.5) is 5.69 Å². The number of anilines is 1. The van der Waals surface area contributed by atoms with E-state index in [1.54, 1.807) is 43.5 Å². The molecule has 4 nitrogen and oxygen atoms in total. The molecule has 0 aliphatic carbocycles. The van der Waals surface area contributed by atoms with Gasteiger partial charge in [0.1, 0.15) is 5.75 Å². The normalized spacial score (nSPS) is 12.7. The highest BCUT2D eigenvalue weighted by atomic mass is 32.2. The summed E-state index contributed by atoms with van der Waals surface area (Å²) in [4.78, 5) is 0.252. The predicted molar refractivity (Wildman–Crippen MR) is 89.0 cm³/mol. The minimum Gasteiger partial charge on any atom is -0.497 e. The van der Waals surface area contributed by atoms with E-state index in [0.29, 0.717) is 17.4 Å². The Hall–Kier alpha value is -2.01. The lowest BCUT2D eigenvalue weighted by atomic mass is 9.99. The van der Waals surface area contributed by atoms with Crippen LogP contribution in [-0.4, -0.2) is 15.5 Å². The molecule has 0 unspecified atom stereocenters. The highest BCUT2D eigenvalue weighted by Crippen LogP contribution is 2.23. The van der Waals surface area contributed by atoms with Crippen LogP contribution in [0.2, 0.25) is 0 Å². The van der Waals surface area contributed by atoms with Gasteiger partial charge in [0, 0.05) is 6.07 Å². The molecule has 118 valence electrons. The summed E-state index contributed by atoms with van der Waals surface area (Å²) in [5.74, 6) is 1.02. The van der Waals surface area contributed by atoms with E-state index in [4.69, 9.17) is 4.74 Å². The lowest BCUT2D eigenvalue weighted by Gasteiger charge is -2.12. The van der Waals surface area contributed by atoms with Crippen molar-refractivity contribution >= 4 is 15.7 Å². The minimum atomic E-state index is -3.59. The summed E-state index contributed by atoms with van der Waals surface area (Å²) in [7, 11) is -2.05. The molecule has 0 amide bonds. The number of nitrogens with one attached hydrogen (secondary N) is 1. The molecule has 0 aromatic heterocycles. The van der Waals surface area contributed by atoms with Crippen molar-refractivity contribution in [1.29, 1.82) is 0 Å². The van der Waals surface area contributed by atoms with Gasteiger partial charge in [-0.05, 0) is 42.2 Å². The van der Waals surface area contributed by atoms with E-state index >= 15 is 0 Å². The van der Waals surface area contributed by atoms with Gasteiger partial charge < -0.3 is 4.74 Å². The molecule has 0 heterocycles. The highest BCUT2D eigenvalue weighted by Gasteiger charge is 2.15. The lowest BCUT2D eigenvalue weighted by Crippen LogP contribution is -2.13. The summed E-state index contributed by atoms with van der Waals surface area (Å²) in [6, 6.07) is 13.9. The van der Waals surface area contributed by atoms with Crippen LogP contribution in [0.15, 0.2) is 53.4 Å². The van der Waals surface area contributed by atoms with Crippen LogP contribution in [0, 0.1) is 0 Å². The molecule has 0 fully saturated rings. The molecule has 22 heavy (non-hydrogen) atoms. The Morgan fingerprint density at radius 3 is 2.41 bits per heavy atom. The van der Waals surface area contributed by atoms with Crippen molar-refractivity contribution in [3.05, 3.63) is 54.1 Å². The number of methoxy groups -OCH3 is 1. The highest BCUT2D eigenvalue weighted by molar-refractivity contribution is 7.92. The summed E-state index contributed by atoms with van der Waals surface area (Å²) in [5.41, 5.74) is 1.62. The van der Waals surface area contributed by atoms with Crippen LogP contribution < -0.4 is 9.46 Å². The molecule has 5 heteroatoms. The second-order valence-electron chi connectivity index (χ2n) is 5.22. The van der Waals surface area contributed by atoms with Crippen LogP contribution in [0.25, 0.3) is 0 Å². The van der Waals surface area contributed by atoms with Crippen molar-refractivity contribution in [2.45, 2.75) is 31.1 Å². The third kappa shape index (κ3) is 3.80. The fraction of sp³-hybridized carbons (Fsp3) is 0.294. The first-order chi connectivity index (χ1) is 10.5. The SMILES string of the molecule is CC[C@@H](C)c1ccc(S(=O)(=O)Nc2cccc(OC)c2)cc1. The van der Waals surface area contributed by atoms with Crippen LogP contribution in [-0.2, 0) is 10.0 Å². The van der Waals surface area contributed by atoms with Crippen molar-refractivity contribution in [2.75, 3.05) is 11.8 Å². The van der Waals surface area contributed by atoms with E-state index in [1.807, 2.05) is 12.1 Å². The third-order valence-electron chi connectivity index (χ3n) is 3.69. The molecular formula is C17H21NO3S. The van der Waals surface area contributed by atoms with E-state index in [2.05, 4.69) is 18.6 Å². The maximum atomic E-state index is 12.4. The van der Waals surface area contributed by atoms with Crippen molar-refractivity contribution < 1.29 is 13.2 Å². The Labute approximate surface area is 132 Å². The lowest BCUT2D eigenvalue weighted by molar-refractivity contribution is 0.415. The molecule has 2 aromatic carbocycles. The van der Waals surface area contributed by atoms with Gasteiger partial charge >= 0.3 is 0 Å². The Kier molecular flexibility index (Phi) is 5.08. The number of benzene rings is 2. The third-order valence-corrected chi connectivity index (χ3v) is 5.09. The fourth-order valence-electron chi connectivity index (χ4n) is 2.11. The molecule has 0 aliphatic rings. The van der Waals surface area contributed by atoms with Gasteiger partial charge in [0.15, 0.2) is 0 Å². The topological polar surface area (TPSA) is 55.4 Å². The van der Waals surface area contributed by atoms with Gasteiger partial charge in [-0.3, -0.25) is 4.72 Å². The monoisotopic (exact) mass is 319 g/mol. The van der Waals surface area contributed by atoms with Crippen LogP contribution in [0.3, 0.4) is 0 Å². The van der Waals surface area contributed by atoms with E-state index in [-0.39, 0.29) is 4.90 Å². The molecule has 0 bridgehead atoms. The van der Waals surface area contributed by atoms with E-state index in [9.17, 15) is 8.42 Å². The van der Waals surface area contributed by atoms with Crippen LogP contribution in [0.5, 0.6) is 5.75 Å². The fourth-order valence-corrected chi connectivity index (χ4v) is 3.16. The number of hydrogen-bond acceptors (Lipinski definition) is 3. The Bertz CT molecular complexity index is 724. The molecule has 0 spiro atoms. The summed E-state index contributed by atoms with van der Waals surface area (Å²) >= 11 is 0. The van der Waals surface area contributed by atoms with Crippen molar-refractivity contribution in [2.24, 2.45) is 0 Å². The minimum absolute atomic E-state index is 0.252.